The molecule has 1 amide bonds. The van der Waals surface area contributed by atoms with Crippen LogP contribution >= 0.6 is 0 Å². The van der Waals surface area contributed by atoms with Crippen molar-refractivity contribution in [1.29, 1.82) is 0 Å². The molecule has 1 fully saturated rings. The van der Waals surface area contributed by atoms with Crippen molar-refractivity contribution in [3.05, 3.63) is 29.3 Å². The van der Waals surface area contributed by atoms with Crippen LogP contribution in [0.25, 0.3) is 0 Å². The maximum atomic E-state index is 12.3. The van der Waals surface area contributed by atoms with Crippen molar-refractivity contribution >= 4 is 27.6 Å². The number of nitrogens with zero attached hydrogens (tertiary/aromatic N) is 2. The van der Waals surface area contributed by atoms with Gasteiger partial charge in [0.05, 0.1) is 30.2 Å². The second kappa shape index (κ2) is 7.47. The standard InChI is InChI=1S/C18H24N2O6S/c1-12-8-15-9-14(4-5-16(15)20(12)27(3,23)24)18(22)26-11-17(21)19-6-7-25-13(2)10-19/h4-5,9,12-13H,6-8,10-11H2,1-3H3. The molecular formula is C18H24N2O6S. The Hall–Kier alpha value is -2.13. The van der Waals surface area contributed by atoms with Gasteiger partial charge in [-0.1, -0.05) is 0 Å². The van der Waals surface area contributed by atoms with E-state index in [0.29, 0.717) is 37.4 Å². The average Bonchev–Trinajstić information content (AvgIpc) is 2.94. The Kier molecular flexibility index (Phi) is 5.43. The number of fused-ring (bicyclic) bond motifs is 1. The molecule has 1 aromatic carbocycles. The van der Waals surface area contributed by atoms with Crippen molar-refractivity contribution in [2.45, 2.75) is 32.4 Å². The van der Waals surface area contributed by atoms with Crippen LogP contribution in [0.5, 0.6) is 0 Å². The van der Waals surface area contributed by atoms with Crippen molar-refractivity contribution in [2.75, 3.05) is 36.9 Å². The smallest absolute Gasteiger partial charge is 0.338 e. The van der Waals surface area contributed by atoms with Gasteiger partial charge in [-0.3, -0.25) is 9.10 Å². The number of hydrogen-bond donors (Lipinski definition) is 0. The number of amides is 1. The van der Waals surface area contributed by atoms with Crippen LogP contribution in [0.1, 0.15) is 29.8 Å². The molecule has 27 heavy (non-hydrogen) atoms. The van der Waals surface area contributed by atoms with E-state index in [2.05, 4.69) is 0 Å². The fourth-order valence-corrected chi connectivity index (χ4v) is 4.85. The molecule has 2 atom stereocenters. The normalized spacial score (nSPS) is 22.5. The van der Waals surface area contributed by atoms with Crippen LogP contribution in [0.15, 0.2) is 18.2 Å². The predicted molar refractivity (Wildman–Crippen MR) is 99.2 cm³/mol. The largest absolute Gasteiger partial charge is 0.452 e. The molecule has 1 saturated heterocycles. The molecule has 2 aliphatic rings. The molecule has 0 bridgehead atoms. The van der Waals surface area contributed by atoms with Gasteiger partial charge in [-0.2, -0.15) is 0 Å². The number of anilines is 1. The van der Waals surface area contributed by atoms with Gasteiger partial charge in [0.15, 0.2) is 6.61 Å². The highest BCUT2D eigenvalue weighted by atomic mass is 32.2. The van der Waals surface area contributed by atoms with Crippen LogP contribution < -0.4 is 4.31 Å². The molecule has 0 spiro atoms. The highest BCUT2D eigenvalue weighted by molar-refractivity contribution is 7.92. The summed E-state index contributed by atoms with van der Waals surface area (Å²) in [5.41, 5.74) is 1.66. The van der Waals surface area contributed by atoms with Gasteiger partial charge in [0.25, 0.3) is 5.91 Å². The van der Waals surface area contributed by atoms with Gasteiger partial charge < -0.3 is 14.4 Å². The summed E-state index contributed by atoms with van der Waals surface area (Å²) >= 11 is 0. The van der Waals surface area contributed by atoms with Crippen LogP contribution in [0.4, 0.5) is 5.69 Å². The van der Waals surface area contributed by atoms with E-state index in [4.69, 9.17) is 9.47 Å². The lowest BCUT2D eigenvalue weighted by atomic mass is 10.1. The monoisotopic (exact) mass is 396 g/mol. The second-order valence-corrected chi connectivity index (χ2v) is 8.91. The predicted octanol–water partition coefficient (Wildman–Crippen LogP) is 0.801. The van der Waals surface area contributed by atoms with Crippen LogP contribution in [-0.4, -0.2) is 69.9 Å². The van der Waals surface area contributed by atoms with Gasteiger partial charge in [-0.25, -0.2) is 13.2 Å². The van der Waals surface area contributed by atoms with Crippen molar-refractivity contribution in [3.8, 4) is 0 Å². The second-order valence-electron chi connectivity index (χ2n) is 7.05. The zero-order valence-corrected chi connectivity index (χ0v) is 16.5. The minimum absolute atomic E-state index is 0.0325. The number of morpholine rings is 1. The summed E-state index contributed by atoms with van der Waals surface area (Å²) in [7, 11) is -3.38. The Bertz CT molecular complexity index is 853. The number of ether oxygens (including phenoxy) is 2. The van der Waals surface area contributed by atoms with Crippen LogP contribution in [0, 0.1) is 0 Å². The zero-order chi connectivity index (χ0) is 19.8. The zero-order valence-electron chi connectivity index (χ0n) is 15.7. The fourth-order valence-electron chi connectivity index (χ4n) is 3.58. The summed E-state index contributed by atoms with van der Waals surface area (Å²) in [5.74, 6) is -0.852. The maximum absolute atomic E-state index is 12.3. The molecule has 3 rings (SSSR count). The van der Waals surface area contributed by atoms with E-state index in [1.807, 2.05) is 13.8 Å². The highest BCUT2D eigenvalue weighted by Crippen LogP contribution is 2.34. The van der Waals surface area contributed by atoms with Crippen molar-refractivity contribution in [1.82, 2.24) is 4.90 Å². The Morgan fingerprint density at radius 3 is 2.70 bits per heavy atom. The van der Waals surface area contributed by atoms with E-state index in [0.717, 1.165) is 5.56 Å². The Balaban J connectivity index is 1.65. The van der Waals surface area contributed by atoms with E-state index in [1.54, 1.807) is 17.0 Å². The molecule has 0 radical (unpaired) electrons. The summed E-state index contributed by atoms with van der Waals surface area (Å²) in [6.45, 7) is 4.82. The topological polar surface area (TPSA) is 93.2 Å². The minimum Gasteiger partial charge on any atom is -0.452 e. The van der Waals surface area contributed by atoms with Gasteiger partial charge >= 0.3 is 5.97 Å². The molecule has 0 N–H and O–H groups in total. The van der Waals surface area contributed by atoms with Gasteiger partial charge in [0.1, 0.15) is 0 Å². The molecule has 148 valence electrons. The maximum Gasteiger partial charge on any atom is 0.338 e. The lowest BCUT2D eigenvalue weighted by molar-refractivity contribution is -0.141. The van der Waals surface area contributed by atoms with Crippen LogP contribution in [0.3, 0.4) is 0 Å². The van der Waals surface area contributed by atoms with Crippen molar-refractivity contribution in [3.63, 3.8) is 0 Å². The molecule has 0 aromatic heterocycles. The SMILES string of the molecule is CC1CN(C(=O)COC(=O)c2ccc3c(c2)CC(C)N3S(C)(=O)=O)CCO1. The van der Waals surface area contributed by atoms with Gasteiger partial charge in [-0.15, -0.1) is 0 Å². The number of carbonyl (C=O) groups excluding carboxylic acids is 2. The third kappa shape index (κ3) is 4.24. The number of hydrogen-bond acceptors (Lipinski definition) is 6. The molecule has 0 saturated carbocycles. The molecule has 8 nitrogen and oxygen atoms in total. The Morgan fingerprint density at radius 2 is 2.04 bits per heavy atom. The third-order valence-electron chi connectivity index (χ3n) is 4.75. The van der Waals surface area contributed by atoms with E-state index in [9.17, 15) is 18.0 Å². The molecule has 2 unspecified atom stereocenters. The summed E-state index contributed by atoms with van der Waals surface area (Å²) in [6, 6.07) is 4.58. The van der Waals surface area contributed by atoms with Gasteiger partial charge in [0, 0.05) is 19.1 Å². The van der Waals surface area contributed by atoms with Crippen molar-refractivity contribution in [2.24, 2.45) is 0 Å². The summed E-state index contributed by atoms with van der Waals surface area (Å²) in [6.07, 6.45) is 1.65. The first-order valence-electron chi connectivity index (χ1n) is 8.85. The van der Waals surface area contributed by atoms with Gasteiger partial charge in [0.2, 0.25) is 10.0 Å². The number of esters is 1. The number of rotatable bonds is 4. The molecule has 2 aliphatic heterocycles. The third-order valence-corrected chi connectivity index (χ3v) is 6.02. The summed E-state index contributed by atoms with van der Waals surface area (Å²) < 4.78 is 35.8. The van der Waals surface area contributed by atoms with Gasteiger partial charge in [-0.05, 0) is 44.0 Å². The van der Waals surface area contributed by atoms with E-state index in [-0.39, 0.29) is 24.7 Å². The highest BCUT2D eigenvalue weighted by Gasteiger charge is 2.33. The number of benzene rings is 1. The summed E-state index contributed by atoms with van der Waals surface area (Å²) in [4.78, 5) is 26.1. The number of carbonyl (C=O) groups is 2. The molecule has 2 heterocycles. The molecule has 0 aliphatic carbocycles. The molecule has 1 aromatic rings. The first kappa shape index (κ1) is 19.6. The average molecular weight is 396 g/mol. The lowest BCUT2D eigenvalue weighted by Gasteiger charge is -2.30. The van der Waals surface area contributed by atoms with Crippen LogP contribution in [-0.2, 0) is 30.7 Å². The first-order chi connectivity index (χ1) is 12.7. The lowest BCUT2D eigenvalue weighted by Crippen LogP contribution is -2.46. The van der Waals surface area contributed by atoms with Crippen molar-refractivity contribution < 1.29 is 27.5 Å². The van der Waals surface area contributed by atoms with E-state index >= 15 is 0 Å². The Labute approximate surface area is 159 Å². The Morgan fingerprint density at radius 1 is 1.30 bits per heavy atom. The van der Waals surface area contributed by atoms with Crippen LogP contribution in [0.2, 0.25) is 0 Å². The molecule has 9 heteroatoms. The number of sulfonamides is 1. The quantitative estimate of drug-likeness (QED) is 0.699. The fraction of sp³-hybridized carbons (Fsp3) is 0.556. The van der Waals surface area contributed by atoms with E-state index in [1.165, 1.54) is 16.6 Å². The van der Waals surface area contributed by atoms with E-state index < -0.39 is 16.0 Å². The minimum atomic E-state index is -3.38. The molecular weight excluding hydrogens is 372 g/mol. The summed E-state index contributed by atoms with van der Waals surface area (Å²) in [5, 5.41) is 0. The first-order valence-corrected chi connectivity index (χ1v) is 10.7.